The Morgan fingerprint density at radius 1 is 1.09 bits per heavy atom. The van der Waals surface area contributed by atoms with Crippen molar-refractivity contribution >= 4 is 11.6 Å². The molecule has 116 valence electrons. The molecule has 4 nitrogen and oxygen atoms in total. The molecule has 0 aromatic heterocycles. The predicted octanol–water partition coefficient (Wildman–Crippen LogP) is 3.44. The Labute approximate surface area is 131 Å². The molecule has 2 aromatic carbocycles. The van der Waals surface area contributed by atoms with Gasteiger partial charge in [-0.15, -0.1) is 0 Å². The summed E-state index contributed by atoms with van der Waals surface area (Å²) in [5, 5.41) is 0. The molecule has 0 aliphatic carbocycles. The summed E-state index contributed by atoms with van der Waals surface area (Å²) in [7, 11) is 1.58. The summed E-state index contributed by atoms with van der Waals surface area (Å²) < 4.78 is 10.8. The van der Waals surface area contributed by atoms with E-state index in [1.807, 2.05) is 50.2 Å². The topological polar surface area (TPSA) is 38.8 Å². The van der Waals surface area contributed by atoms with Crippen molar-refractivity contribution in [3.05, 3.63) is 54.1 Å². The minimum Gasteiger partial charge on any atom is -0.493 e. The van der Waals surface area contributed by atoms with E-state index in [1.54, 1.807) is 24.1 Å². The van der Waals surface area contributed by atoms with E-state index in [2.05, 4.69) is 0 Å². The number of benzene rings is 2. The number of carbonyl (C=O) groups is 1. The number of para-hydroxylation sites is 2. The van der Waals surface area contributed by atoms with E-state index < -0.39 is 0 Å². The molecular weight excluding hydrogens is 278 g/mol. The Bertz CT molecular complexity index is 640. The molecule has 0 atom stereocenters. The van der Waals surface area contributed by atoms with Gasteiger partial charge >= 0.3 is 0 Å². The molecule has 0 spiro atoms. The SMILES string of the molecule is CCN(C(=O)COc1ccccc1OC)c1cccc(C)c1. The second-order valence-corrected chi connectivity index (χ2v) is 4.92. The van der Waals surface area contributed by atoms with Crippen molar-refractivity contribution in [2.24, 2.45) is 0 Å². The molecule has 0 saturated carbocycles. The fraction of sp³-hybridized carbons (Fsp3) is 0.278. The van der Waals surface area contributed by atoms with Crippen molar-refractivity contribution in [1.82, 2.24) is 0 Å². The third-order valence-corrected chi connectivity index (χ3v) is 3.35. The van der Waals surface area contributed by atoms with Crippen LogP contribution in [0.4, 0.5) is 5.69 Å². The van der Waals surface area contributed by atoms with E-state index >= 15 is 0 Å². The molecule has 1 amide bonds. The standard InChI is InChI=1S/C18H21NO3/c1-4-19(15-9-7-8-14(2)12-15)18(20)13-22-17-11-6-5-10-16(17)21-3/h5-12H,4,13H2,1-3H3. The van der Waals surface area contributed by atoms with Gasteiger partial charge in [-0.1, -0.05) is 24.3 Å². The Morgan fingerprint density at radius 3 is 2.45 bits per heavy atom. The van der Waals surface area contributed by atoms with Gasteiger partial charge in [-0.2, -0.15) is 0 Å². The van der Waals surface area contributed by atoms with Gasteiger partial charge in [0.1, 0.15) is 0 Å². The smallest absolute Gasteiger partial charge is 0.264 e. The average Bonchev–Trinajstić information content (AvgIpc) is 2.54. The summed E-state index contributed by atoms with van der Waals surface area (Å²) in [6.45, 7) is 4.52. The summed E-state index contributed by atoms with van der Waals surface area (Å²) in [4.78, 5) is 14.1. The zero-order valence-corrected chi connectivity index (χ0v) is 13.2. The summed E-state index contributed by atoms with van der Waals surface area (Å²) in [6, 6.07) is 15.2. The van der Waals surface area contributed by atoms with Crippen LogP contribution in [-0.2, 0) is 4.79 Å². The van der Waals surface area contributed by atoms with Crippen LogP contribution in [0.3, 0.4) is 0 Å². The molecule has 0 aliphatic rings. The summed E-state index contributed by atoms with van der Waals surface area (Å²) >= 11 is 0. The van der Waals surface area contributed by atoms with Gasteiger partial charge in [0.2, 0.25) is 0 Å². The molecule has 0 aliphatic heterocycles. The predicted molar refractivity (Wildman–Crippen MR) is 87.7 cm³/mol. The molecule has 0 fully saturated rings. The number of carbonyl (C=O) groups excluding carboxylic acids is 1. The van der Waals surface area contributed by atoms with E-state index in [1.165, 1.54) is 0 Å². The molecular formula is C18H21NO3. The van der Waals surface area contributed by atoms with Crippen molar-refractivity contribution in [3.63, 3.8) is 0 Å². The molecule has 0 saturated heterocycles. The highest BCUT2D eigenvalue weighted by Gasteiger charge is 2.15. The first-order valence-electron chi connectivity index (χ1n) is 7.28. The maximum atomic E-state index is 12.4. The highest BCUT2D eigenvalue weighted by atomic mass is 16.5. The number of amides is 1. The van der Waals surface area contributed by atoms with Crippen LogP contribution in [0.1, 0.15) is 12.5 Å². The lowest BCUT2D eigenvalue weighted by Gasteiger charge is -2.21. The van der Waals surface area contributed by atoms with Gasteiger partial charge in [0, 0.05) is 12.2 Å². The Morgan fingerprint density at radius 2 is 1.82 bits per heavy atom. The number of ether oxygens (including phenoxy) is 2. The van der Waals surface area contributed by atoms with Crippen LogP contribution in [0.25, 0.3) is 0 Å². The van der Waals surface area contributed by atoms with Crippen molar-refractivity contribution < 1.29 is 14.3 Å². The lowest BCUT2D eigenvalue weighted by atomic mass is 10.2. The van der Waals surface area contributed by atoms with Gasteiger partial charge < -0.3 is 14.4 Å². The molecule has 0 bridgehead atoms. The van der Waals surface area contributed by atoms with Crippen molar-refractivity contribution in [1.29, 1.82) is 0 Å². The van der Waals surface area contributed by atoms with Crippen LogP contribution in [-0.4, -0.2) is 26.2 Å². The third kappa shape index (κ3) is 3.79. The normalized spacial score (nSPS) is 10.1. The van der Waals surface area contributed by atoms with E-state index in [0.29, 0.717) is 18.0 Å². The third-order valence-electron chi connectivity index (χ3n) is 3.35. The maximum Gasteiger partial charge on any atom is 0.264 e. The minimum atomic E-state index is -0.0843. The number of methoxy groups -OCH3 is 1. The van der Waals surface area contributed by atoms with Crippen molar-refractivity contribution in [2.45, 2.75) is 13.8 Å². The number of nitrogens with zero attached hydrogens (tertiary/aromatic N) is 1. The van der Waals surface area contributed by atoms with Gasteiger partial charge in [0.15, 0.2) is 18.1 Å². The van der Waals surface area contributed by atoms with E-state index in [-0.39, 0.29) is 12.5 Å². The van der Waals surface area contributed by atoms with Gasteiger partial charge in [0.05, 0.1) is 7.11 Å². The zero-order valence-electron chi connectivity index (χ0n) is 13.2. The largest absolute Gasteiger partial charge is 0.493 e. The first-order valence-corrected chi connectivity index (χ1v) is 7.28. The number of hydrogen-bond acceptors (Lipinski definition) is 3. The lowest BCUT2D eigenvalue weighted by Crippen LogP contribution is -2.34. The fourth-order valence-corrected chi connectivity index (χ4v) is 2.25. The first-order chi connectivity index (χ1) is 10.7. The number of likely N-dealkylation sites (N-methyl/N-ethyl adjacent to an activating group) is 1. The van der Waals surface area contributed by atoms with Crippen LogP contribution in [0.5, 0.6) is 11.5 Å². The molecule has 0 radical (unpaired) electrons. The molecule has 2 aromatic rings. The monoisotopic (exact) mass is 299 g/mol. The summed E-state index contributed by atoms with van der Waals surface area (Å²) in [5.41, 5.74) is 2.01. The van der Waals surface area contributed by atoms with Crippen LogP contribution in [0.2, 0.25) is 0 Å². The second kappa shape index (κ2) is 7.50. The number of anilines is 1. The highest BCUT2D eigenvalue weighted by molar-refractivity contribution is 5.94. The molecule has 2 rings (SSSR count). The Kier molecular flexibility index (Phi) is 5.42. The van der Waals surface area contributed by atoms with Crippen LogP contribution in [0.15, 0.2) is 48.5 Å². The molecule has 0 N–H and O–H groups in total. The van der Waals surface area contributed by atoms with Gasteiger partial charge in [-0.25, -0.2) is 0 Å². The van der Waals surface area contributed by atoms with Gasteiger partial charge in [-0.3, -0.25) is 4.79 Å². The van der Waals surface area contributed by atoms with Crippen LogP contribution in [0, 0.1) is 6.92 Å². The van der Waals surface area contributed by atoms with Crippen LogP contribution < -0.4 is 14.4 Å². The quantitative estimate of drug-likeness (QED) is 0.820. The number of aryl methyl sites for hydroxylation is 1. The van der Waals surface area contributed by atoms with E-state index in [4.69, 9.17) is 9.47 Å². The van der Waals surface area contributed by atoms with Gasteiger partial charge in [0.25, 0.3) is 5.91 Å². The van der Waals surface area contributed by atoms with Gasteiger partial charge in [-0.05, 0) is 43.7 Å². The summed E-state index contributed by atoms with van der Waals surface area (Å²) in [6.07, 6.45) is 0. The fourth-order valence-electron chi connectivity index (χ4n) is 2.25. The molecule has 22 heavy (non-hydrogen) atoms. The minimum absolute atomic E-state index is 0.0256. The second-order valence-electron chi connectivity index (χ2n) is 4.92. The molecule has 4 heteroatoms. The van der Waals surface area contributed by atoms with Crippen LogP contribution >= 0.6 is 0 Å². The summed E-state index contributed by atoms with van der Waals surface area (Å²) in [5.74, 6) is 1.10. The Hall–Kier alpha value is -2.49. The van der Waals surface area contributed by atoms with Crippen molar-refractivity contribution in [2.75, 3.05) is 25.2 Å². The zero-order chi connectivity index (χ0) is 15.9. The Balaban J connectivity index is 2.07. The van der Waals surface area contributed by atoms with Crippen molar-refractivity contribution in [3.8, 4) is 11.5 Å². The lowest BCUT2D eigenvalue weighted by molar-refractivity contribution is -0.120. The first kappa shape index (κ1) is 15.9. The van der Waals surface area contributed by atoms with E-state index in [0.717, 1.165) is 11.3 Å². The molecule has 0 heterocycles. The highest BCUT2D eigenvalue weighted by Crippen LogP contribution is 2.26. The maximum absolute atomic E-state index is 12.4. The number of hydrogen-bond donors (Lipinski definition) is 0. The average molecular weight is 299 g/mol. The van der Waals surface area contributed by atoms with E-state index in [9.17, 15) is 4.79 Å². The molecule has 0 unspecified atom stereocenters. The number of rotatable bonds is 6.